The Hall–Kier alpha value is -3.26. The van der Waals surface area contributed by atoms with Crippen molar-refractivity contribution in [3.63, 3.8) is 0 Å². The van der Waals surface area contributed by atoms with Gasteiger partial charge in [0.05, 0.1) is 29.1 Å². The molecule has 9 heteroatoms. The number of rotatable bonds is 6. The van der Waals surface area contributed by atoms with Gasteiger partial charge in [0, 0.05) is 5.02 Å². The molecule has 1 aliphatic heterocycles. The van der Waals surface area contributed by atoms with Crippen LogP contribution >= 0.6 is 35.0 Å². The molecule has 4 rings (SSSR count). The Morgan fingerprint density at radius 3 is 2.53 bits per heavy atom. The lowest BCUT2D eigenvalue weighted by Gasteiger charge is -2.12. The highest BCUT2D eigenvalue weighted by Crippen LogP contribution is 2.35. The van der Waals surface area contributed by atoms with Crippen LogP contribution in [0.1, 0.15) is 21.5 Å². The van der Waals surface area contributed by atoms with Crippen molar-refractivity contribution in [3.8, 4) is 11.5 Å². The van der Waals surface area contributed by atoms with Crippen LogP contribution in [0.5, 0.6) is 11.5 Å². The third kappa shape index (κ3) is 5.28. The number of ether oxygens (including phenoxy) is 2. The van der Waals surface area contributed by atoms with Gasteiger partial charge in [-0.05, 0) is 65.4 Å². The number of methoxy groups -OCH3 is 1. The second kappa shape index (κ2) is 10.3. The van der Waals surface area contributed by atoms with Crippen LogP contribution < -0.4 is 9.47 Å². The maximum Gasteiger partial charge on any atom is 0.345 e. The molecule has 0 atom stereocenters. The topological polar surface area (TPSA) is 72.9 Å². The molecule has 6 nitrogen and oxygen atoms in total. The first-order chi connectivity index (χ1) is 16.4. The number of benzene rings is 3. The van der Waals surface area contributed by atoms with Gasteiger partial charge in [0.1, 0.15) is 0 Å². The Balaban J connectivity index is 1.53. The summed E-state index contributed by atoms with van der Waals surface area (Å²) in [7, 11) is 1.44. The molecule has 2 amide bonds. The zero-order valence-corrected chi connectivity index (χ0v) is 20.1. The Labute approximate surface area is 210 Å². The quantitative estimate of drug-likeness (QED) is 0.214. The van der Waals surface area contributed by atoms with Crippen LogP contribution in [-0.4, -0.2) is 29.1 Å². The van der Waals surface area contributed by atoms with E-state index in [9.17, 15) is 14.4 Å². The first-order valence-electron chi connectivity index (χ1n) is 10.0. The third-order valence-electron chi connectivity index (χ3n) is 4.89. The molecule has 0 N–H and O–H groups in total. The fourth-order valence-corrected chi connectivity index (χ4v) is 4.51. The summed E-state index contributed by atoms with van der Waals surface area (Å²) in [6, 6.07) is 18.4. The highest BCUT2D eigenvalue weighted by Gasteiger charge is 2.35. The molecule has 172 valence electrons. The van der Waals surface area contributed by atoms with E-state index in [-0.39, 0.29) is 38.8 Å². The van der Waals surface area contributed by atoms with E-state index in [1.54, 1.807) is 72.8 Å². The standard InChI is InChI=1S/C25H17Cl2NO5S/c1-32-21-12-15(9-10-20(21)33-24(30)18-7-2-3-8-19(18)27)13-22-23(29)28(25(31)34-22)14-16-5-4-6-17(26)11-16/h2-13H,14H2,1H3/b22-13-. The summed E-state index contributed by atoms with van der Waals surface area (Å²) in [4.78, 5) is 39.2. The smallest absolute Gasteiger partial charge is 0.345 e. The third-order valence-corrected chi connectivity index (χ3v) is 6.36. The molecule has 34 heavy (non-hydrogen) atoms. The van der Waals surface area contributed by atoms with Crippen molar-refractivity contribution in [1.82, 2.24) is 4.90 Å². The van der Waals surface area contributed by atoms with Gasteiger partial charge in [-0.2, -0.15) is 0 Å². The van der Waals surface area contributed by atoms with Crippen molar-refractivity contribution in [2.75, 3.05) is 7.11 Å². The van der Waals surface area contributed by atoms with Gasteiger partial charge >= 0.3 is 5.97 Å². The number of thioether (sulfide) groups is 1. The van der Waals surface area contributed by atoms with Gasteiger partial charge in [-0.25, -0.2) is 4.79 Å². The first-order valence-corrected chi connectivity index (χ1v) is 11.6. The average Bonchev–Trinajstić information content (AvgIpc) is 3.07. The number of amides is 2. The van der Waals surface area contributed by atoms with Crippen LogP contribution in [-0.2, 0) is 11.3 Å². The molecule has 0 aliphatic carbocycles. The van der Waals surface area contributed by atoms with E-state index in [1.165, 1.54) is 12.0 Å². The minimum atomic E-state index is -0.626. The number of carbonyl (C=O) groups excluding carboxylic acids is 3. The zero-order valence-electron chi connectivity index (χ0n) is 17.8. The maximum absolute atomic E-state index is 12.8. The van der Waals surface area contributed by atoms with Crippen molar-refractivity contribution < 1.29 is 23.9 Å². The van der Waals surface area contributed by atoms with Crippen molar-refractivity contribution in [2.24, 2.45) is 0 Å². The molecule has 1 fully saturated rings. The number of imide groups is 1. The van der Waals surface area contributed by atoms with Gasteiger partial charge in [0.25, 0.3) is 11.1 Å². The Bertz CT molecular complexity index is 1320. The predicted molar refractivity (Wildman–Crippen MR) is 132 cm³/mol. The molecular formula is C25H17Cl2NO5S. The normalized spacial score (nSPS) is 14.6. The number of hydrogen-bond acceptors (Lipinski definition) is 6. The van der Waals surface area contributed by atoms with Crippen molar-refractivity contribution in [3.05, 3.63) is 98.4 Å². The molecule has 3 aromatic rings. The molecule has 0 saturated carbocycles. The molecule has 0 spiro atoms. The SMILES string of the molecule is COc1cc(/C=C2\SC(=O)N(Cc3cccc(Cl)c3)C2=O)ccc1OC(=O)c1ccccc1Cl. The van der Waals surface area contributed by atoms with Gasteiger partial charge in [0.2, 0.25) is 0 Å². The number of nitrogens with zero attached hydrogens (tertiary/aromatic N) is 1. The van der Waals surface area contributed by atoms with Gasteiger partial charge < -0.3 is 9.47 Å². The van der Waals surface area contributed by atoms with Gasteiger partial charge in [-0.3, -0.25) is 14.5 Å². The average molecular weight is 514 g/mol. The molecule has 1 saturated heterocycles. The summed E-state index contributed by atoms with van der Waals surface area (Å²) in [6.45, 7) is 0.128. The highest BCUT2D eigenvalue weighted by molar-refractivity contribution is 8.18. The van der Waals surface area contributed by atoms with Crippen molar-refractivity contribution in [2.45, 2.75) is 6.54 Å². The molecule has 3 aromatic carbocycles. The van der Waals surface area contributed by atoms with Crippen LogP contribution in [0.4, 0.5) is 4.79 Å². The van der Waals surface area contributed by atoms with Crippen LogP contribution in [0, 0.1) is 0 Å². The minimum Gasteiger partial charge on any atom is -0.493 e. The van der Waals surface area contributed by atoms with E-state index in [0.717, 1.165) is 17.3 Å². The molecule has 1 aliphatic rings. The summed E-state index contributed by atoms with van der Waals surface area (Å²) < 4.78 is 10.8. The number of esters is 1. The Morgan fingerprint density at radius 1 is 1.00 bits per heavy atom. The summed E-state index contributed by atoms with van der Waals surface area (Å²) in [5.74, 6) is -0.548. The van der Waals surface area contributed by atoms with Crippen LogP contribution in [0.3, 0.4) is 0 Å². The molecule has 0 aromatic heterocycles. The van der Waals surface area contributed by atoms with E-state index in [2.05, 4.69) is 0 Å². The largest absolute Gasteiger partial charge is 0.493 e. The summed E-state index contributed by atoms with van der Waals surface area (Å²) in [5.41, 5.74) is 1.58. The highest BCUT2D eigenvalue weighted by atomic mass is 35.5. The fraction of sp³-hybridized carbons (Fsp3) is 0.0800. The summed E-state index contributed by atoms with van der Waals surface area (Å²) in [5, 5.41) is 0.438. The molecule has 1 heterocycles. The number of carbonyl (C=O) groups is 3. The van der Waals surface area contributed by atoms with E-state index in [4.69, 9.17) is 32.7 Å². The zero-order chi connectivity index (χ0) is 24.2. The molecule has 0 bridgehead atoms. The van der Waals surface area contributed by atoms with E-state index < -0.39 is 11.9 Å². The minimum absolute atomic E-state index is 0.128. The Morgan fingerprint density at radius 2 is 1.79 bits per heavy atom. The second-order valence-electron chi connectivity index (χ2n) is 7.18. The Kier molecular flexibility index (Phi) is 7.26. The summed E-state index contributed by atoms with van der Waals surface area (Å²) in [6.07, 6.45) is 1.59. The summed E-state index contributed by atoms with van der Waals surface area (Å²) >= 11 is 12.9. The molecular weight excluding hydrogens is 497 g/mol. The van der Waals surface area contributed by atoms with Crippen molar-refractivity contribution in [1.29, 1.82) is 0 Å². The lowest BCUT2D eigenvalue weighted by Crippen LogP contribution is -2.27. The fourth-order valence-electron chi connectivity index (χ4n) is 3.25. The van der Waals surface area contributed by atoms with Gasteiger partial charge in [-0.1, -0.05) is 53.5 Å². The lowest BCUT2D eigenvalue weighted by atomic mass is 10.1. The van der Waals surface area contributed by atoms with E-state index >= 15 is 0 Å². The van der Waals surface area contributed by atoms with Gasteiger partial charge in [-0.15, -0.1) is 0 Å². The van der Waals surface area contributed by atoms with Crippen LogP contribution in [0.25, 0.3) is 6.08 Å². The molecule has 0 radical (unpaired) electrons. The molecule has 0 unspecified atom stereocenters. The van der Waals surface area contributed by atoms with E-state index in [0.29, 0.717) is 10.6 Å². The van der Waals surface area contributed by atoms with Gasteiger partial charge in [0.15, 0.2) is 11.5 Å². The second-order valence-corrected chi connectivity index (χ2v) is 9.01. The number of hydrogen-bond donors (Lipinski definition) is 0. The van der Waals surface area contributed by atoms with E-state index in [1.807, 2.05) is 0 Å². The monoisotopic (exact) mass is 513 g/mol. The van der Waals surface area contributed by atoms with Crippen LogP contribution in [0.15, 0.2) is 71.6 Å². The van der Waals surface area contributed by atoms with Crippen LogP contribution in [0.2, 0.25) is 10.0 Å². The van der Waals surface area contributed by atoms with Crippen molar-refractivity contribution >= 4 is 58.2 Å². The lowest BCUT2D eigenvalue weighted by molar-refractivity contribution is -0.123. The predicted octanol–water partition coefficient (Wildman–Crippen LogP) is 6.46. The first kappa shape index (κ1) is 23.9. The number of halogens is 2. The maximum atomic E-state index is 12.8.